The van der Waals surface area contributed by atoms with Gasteiger partial charge in [-0.2, -0.15) is 18.3 Å². The zero-order chi connectivity index (χ0) is 24.6. The number of rotatable bonds is 5. The van der Waals surface area contributed by atoms with Crippen LogP contribution in [0.4, 0.5) is 33.3 Å². The number of nitrogens with zero attached hydrogens (tertiary/aromatic N) is 3. The average molecular weight is 483 g/mol. The maximum atomic E-state index is 14.3. The van der Waals surface area contributed by atoms with Crippen LogP contribution in [0, 0.1) is 17.6 Å². The fourth-order valence-corrected chi connectivity index (χ4v) is 4.33. The molecule has 0 saturated carbocycles. The van der Waals surface area contributed by atoms with Gasteiger partial charge in [0.25, 0.3) is 0 Å². The van der Waals surface area contributed by atoms with Crippen molar-refractivity contribution >= 4 is 17.1 Å². The van der Waals surface area contributed by atoms with Crippen LogP contribution in [0.25, 0.3) is 0 Å². The molecule has 2 aliphatic rings. The lowest BCUT2D eigenvalue weighted by Crippen LogP contribution is -2.38. The van der Waals surface area contributed by atoms with Gasteiger partial charge in [0.2, 0.25) is 0 Å². The summed E-state index contributed by atoms with van der Waals surface area (Å²) in [7, 11) is 1.40. The highest BCUT2D eigenvalue weighted by Crippen LogP contribution is 2.36. The summed E-state index contributed by atoms with van der Waals surface area (Å²) in [5.41, 5.74) is -0.0665. The van der Waals surface area contributed by atoms with Gasteiger partial charge in [-0.1, -0.05) is 6.92 Å². The largest absolute Gasteiger partial charge is 0.497 e. The average Bonchev–Trinajstić information content (AvgIpc) is 3.11. The summed E-state index contributed by atoms with van der Waals surface area (Å²) in [4.78, 5) is 1.76. The third kappa shape index (κ3) is 4.76. The van der Waals surface area contributed by atoms with Crippen molar-refractivity contribution in [2.24, 2.45) is 11.0 Å². The van der Waals surface area contributed by atoms with E-state index in [-0.39, 0.29) is 17.5 Å². The number of ether oxygens (including phenoxy) is 2. The van der Waals surface area contributed by atoms with Crippen LogP contribution in [0.2, 0.25) is 0 Å². The smallest absolute Gasteiger partial charge is 0.431 e. The number of anilines is 2. The molecule has 184 valence electrons. The van der Waals surface area contributed by atoms with Crippen LogP contribution in [0.1, 0.15) is 26.7 Å². The molecule has 2 aliphatic heterocycles. The third-order valence-electron chi connectivity index (χ3n) is 6.45. The molecule has 5 nitrogen and oxygen atoms in total. The molecule has 2 atom stereocenters. The molecule has 4 rings (SSSR count). The summed E-state index contributed by atoms with van der Waals surface area (Å²) in [5.74, 6) is -1.76. The molecule has 0 bridgehead atoms. The number of benzene rings is 2. The van der Waals surface area contributed by atoms with Crippen LogP contribution in [0.3, 0.4) is 0 Å². The number of methoxy groups -OCH3 is 1. The summed E-state index contributed by atoms with van der Waals surface area (Å²) in [5, 5.41) is 5.20. The Labute approximate surface area is 194 Å². The van der Waals surface area contributed by atoms with Crippen molar-refractivity contribution in [1.29, 1.82) is 0 Å². The monoisotopic (exact) mass is 483 g/mol. The molecule has 0 unspecified atom stereocenters. The topological polar surface area (TPSA) is 37.3 Å². The van der Waals surface area contributed by atoms with Gasteiger partial charge in [-0.25, -0.2) is 8.78 Å². The highest BCUT2D eigenvalue weighted by molar-refractivity contribution is 5.95. The first kappa shape index (κ1) is 24.1. The fourth-order valence-electron chi connectivity index (χ4n) is 4.33. The van der Waals surface area contributed by atoms with E-state index in [2.05, 4.69) is 5.10 Å². The Balaban J connectivity index is 1.38. The molecule has 2 heterocycles. The summed E-state index contributed by atoms with van der Waals surface area (Å²) < 4.78 is 78.7. The summed E-state index contributed by atoms with van der Waals surface area (Å²) in [6.45, 7) is 4.18. The quantitative estimate of drug-likeness (QED) is 0.505. The molecule has 0 aromatic heterocycles. The summed E-state index contributed by atoms with van der Waals surface area (Å²) in [6.07, 6.45) is -3.39. The van der Waals surface area contributed by atoms with E-state index in [0.717, 1.165) is 6.07 Å². The Hall–Kier alpha value is -3.04. The van der Waals surface area contributed by atoms with Crippen LogP contribution in [0.15, 0.2) is 41.5 Å². The second-order valence-corrected chi connectivity index (χ2v) is 8.60. The van der Waals surface area contributed by atoms with E-state index in [4.69, 9.17) is 9.47 Å². The maximum Gasteiger partial charge on any atom is 0.431 e. The van der Waals surface area contributed by atoms with Crippen LogP contribution in [-0.2, 0) is 0 Å². The minimum Gasteiger partial charge on any atom is -0.497 e. The fraction of sp³-hybridized carbons (Fsp3) is 0.458. The molecule has 1 fully saturated rings. The third-order valence-corrected chi connectivity index (χ3v) is 6.45. The zero-order valence-electron chi connectivity index (χ0n) is 19.1. The van der Waals surface area contributed by atoms with Crippen molar-refractivity contribution in [3.63, 3.8) is 0 Å². The lowest BCUT2D eigenvalue weighted by atomic mass is 9.98. The predicted octanol–water partition coefficient (Wildman–Crippen LogP) is 5.78. The highest BCUT2D eigenvalue weighted by atomic mass is 19.4. The van der Waals surface area contributed by atoms with E-state index >= 15 is 0 Å². The van der Waals surface area contributed by atoms with Gasteiger partial charge >= 0.3 is 6.18 Å². The standard InChI is InChI=1S/C24H26F5N3O2/c1-14-15(2)32(30-23(14)24(27,28)29)16-4-6-17(7-5-16)34-18-8-10-31(11-9-18)21-13-19(33-3)12-20(25)22(21)26/h4-7,12-15,18H,8-11H2,1-3H3/t14-,15-/m0/s1. The number of halogens is 5. The van der Waals surface area contributed by atoms with Crippen LogP contribution in [-0.4, -0.2) is 44.2 Å². The first-order valence-electron chi connectivity index (χ1n) is 11.1. The number of hydrogen-bond donors (Lipinski definition) is 0. The molecule has 34 heavy (non-hydrogen) atoms. The van der Waals surface area contributed by atoms with Gasteiger partial charge in [-0.05, 0) is 31.2 Å². The van der Waals surface area contributed by atoms with Crippen LogP contribution in [0.5, 0.6) is 11.5 Å². The van der Waals surface area contributed by atoms with Gasteiger partial charge in [0.1, 0.15) is 23.3 Å². The zero-order valence-corrected chi connectivity index (χ0v) is 19.1. The van der Waals surface area contributed by atoms with E-state index in [1.807, 2.05) is 0 Å². The Morgan fingerprint density at radius 1 is 0.971 bits per heavy atom. The van der Waals surface area contributed by atoms with E-state index in [1.165, 1.54) is 25.1 Å². The minimum atomic E-state index is -4.46. The van der Waals surface area contributed by atoms with Crippen molar-refractivity contribution in [2.75, 3.05) is 30.1 Å². The molecule has 0 spiro atoms. The number of piperidine rings is 1. The molecule has 0 aliphatic carbocycles. The van der Waals surface area contributed by atoms with Crippen molar-refractivity contribution in [3.8, 4) is 11.5 Å². The lowest BCUT2D eigenvalue weighted by Gasteiger charge is -2.34. The van der Waals surface area contributed by atoms with Crippen LogP contribution >= 0.6 is 0 Å². The van der Waals surface area contributed by atoms with Gasteiger partial charge in [-0.15, -0.1) is 0 Å². The van der Waals surface area contributed by atoms with E-state index in [1.54, 1.807) is 36.1 Å². The van der Waals surface area contributed by atoms with Gasteiger partial charge in [0, 0.05) is 44.0 Å². The number of hydrogen-bond acceptors (Lipinski definition) is 5. The Kier molecular flexibility index (Phi) is 6.60. The summed E-state index contributed by atoms with van der Waals surface area (Å²) in [6, 6.07) is 8.85. The molecular formula is C24H26F5N3O2. The van der Waals surface area contributed by atoms with Crippen LogP contribution < -0.4 is 19.4 Å². The normalized spacial score (nSPS) is 21.6. The first-order chi connectivity index (χ1) is 16.1. The van der Waals surface area contributed by atoms with Crippen molar-refractivity contribution in [2.45, 2.75) is 45.0 Å². The second-order valence-electron chi connectivity index (χ2n) is 8.60. The van der Waals surface area contributed by atoms with E-state index in [0.29, 0.717) is 37.4 Å². The molecular weight excluding hydrogens is 457 g/mol. The first-order valence-corrected chi connectivity index (χ1v) is 11.1. The lowest BCUT2D eigenvalue weighted by molar-refractivity contribution is -0.0619. The number of alkyl halides is 3. The number of hydrazone groups is 1. The molecule has 1 saturated heterocycles. The molecule has 2 aromatic carbocycles. The SMILES string of the molecule is COc1cc(F)c(F)c(N2CCC(Oc3ccc(N4N=C(C(F)(F)F)[C@@H](C)[C@@H]4C)cc3)CC2)c1. The minimum absolute atomic E-state index is 0.124. The highest BCUT2D eigenvalue weighted by Gasteiger charge is 2.46. The molecule has 2 aromatic rings. The summed E-state index contributed by atoms with van der Waals surface area (Å²) >= 11 is 0. The van der Waals surface area contributed by atoms with E-state index < -0.39 is 35.5 Å². The van der Waals surface area contributed by atoms with Gasteiger partial charge in [0.05, 0.1) is 24.5 Å². The predicted molar refractivity (Wildman–Crippen MR) is 120 cm³/mol. The molecule has 0 N–H and O–H groups in total. The Morgan fingerprint density at radius 2 is 1.62 bits per heavy atom. The second kappa shape index (κ2) is 9.31. The molecule has 10 heteroatoms. The van der Waals surface area contributed by atoms with Crippen molar-refractivity contribution < 1.29 is 31.4 Å². The van der Waals surface area contributed by atoms with Gasteiger partial charge in [0.15, 0.2) is 11.6 Å². The van der Waals surface area contributed by atoms with Gasteiger partial charge < -0.3 is 14.4 Å². The van der Waals surface area contributed by atoms with Crippen molar-refractivity contribution in [1.82, 2.24) is 0 Å². The Bertz CT molecular complexity index is 1050. The molecule has 0 amide bonds. The molecule has 0 radical (unpaired) electrons. The maximum absolute atomic E-state index is 14.3. The van der Waals surface area contributed by atoms with E-state index in [9.17, 15) is 22.0 Å². The Morgan fingerprint density at radius 3 is 2.18 bits per heavy atom. The van der Waals surface area contributed by atoms with Gasteiger partial charge in [-0.3, -0.25) is 5.01 Å². The van der Waals surface area contributed by atoms with Crippen molar-refractivity contribution in [3.05, 3.63) is 48.0 Å².